The number of piperidine rings is 1. The second kappa shape index (κ2) is 7.61. The number of nitrogens with one attached hydrogen (secondary N) is 1. The molecule has 2 aromatic carbocycles. The summed E-state index contributed by atoms with van der Waals surface area (Å²) in [4.78, 5) is 2.20. The Balaban J connectivity index is 1.54. The minimum Gasteiger partial charge on any atom is -0.298 e. The number of hydrogen-bond acceptors (Lipinski definition) is 2. The molecule has 3 aromatic rings. The molecule has 0 bridgehead atoms. The van der Waals surface area contributed by atoms with Gasteiger partial charge in [-0.05, 0) is 37.9 Å². The van der Waals surface area contributed by atoms with Crippen molar-refractivity contribution in [3.8, 4) is 11.1 Å². The fourth-order valence-electron chi connectivity index (χ4n) is 4.00. The zero-order valence-electron chi connectivity index (χ0n) is 15.4. The number of H-pyrrole nitrogens is 1. The number of hydrogen-bond donors (Lipinski definition) is 1. The van der Waals surface area contributed by atoms with Gasteiger partial charge >= 0.3 is 0 Å². The number of aromatic amines is 1. The molecule has 0 aliphatic carbocycles. The molecule has 2 heterocycles. The monoisotopic (exact) mass is 367 g/mol. The van der Waals surface area contributed by atoms with Crippen LogP contribution in [0.15, 0.2) is 48.7 Å². The molecule has 0 unspecified atom stereocenters. The fourth-order valence-corrected chi connectivity index (χ4v) is 4.00. The lowest BCUT2D eigenvalue weighted by atomic mass is 9.90. The molecular weight excluding hydrogens is 344 g/mol. The van der Waals surface area contributed by atoms with E-state index in [1.165, 1.54) is 5.56 Å². The van der Waals surface area contributed by atoms with Gasteiger partial charge in [-0.25, -0.2) is 8.78 Å². The molecule has 1 N–H and O–H groups in total. The molecule has 0 radical (unpaired) electrons. The molecule has 27 heavy (non-hydrogen) atoms. The molecule has 0 spiro atoms. The van der Waals surface area contributed by atoms with Gasteiger partial charge in [0.05, 0.1) is 6.20 Å². The predicted octanol–water partition coefficient (Wildman–Crippen LogP) is 5.04. The van der Waals surface area contributed by atoms with E-state index < -0.39 is 11.6 Å². The summed E-state index contributed by atoms with van der Waals surface area (Å²) < 4.78 is 27.5. The quantitative estimate of drug-likeness (QED) is 0.700. The maximum atomic E-state index is 14.0. The van der Waals surface area contributed by atoms with Crippen molar-refractivity contribution in [2.75, 3.05) is 13.1 Å². The first kappa shape index (κ1) is 17.9. The van der Waals surface area contributed by atoms with E-state index in [0.717, 1.165) is 48.8 Å². The third-order valence-corrected chi connectivity index (χ3v) is 5.34. The van der Waals surface area contributed by atoms with Gasteiger partial charge in [0, 0.05) is 35.8 Å². The molecule has 1 saturated heterocycles. The van der Waals surface area contributed by atoms with Gasteiger partial charge in [0.15, 0.2) is 11.6 Å². The fraction of sp³-hybridized carbons (Fsp3) is 0.318. The SMILES string of the molecule is Cc1cccc(-c2cn[nH]c2[C@H]2CCCN(Cc3cccc(F)c3F)C2)c1. The highest BCUT2D eigenvalue weighted by Gasteiger charge is 2.26. The van der Waals surface area contributed by atoms with Crippen molar-refractivity contribution in [3.63, 3.8) is 0 Å². The van der Waals surface area contributed by atoms with Gasteiger partial charge in [0.1, 0.15) is 0 Å². The van der Waals surface area contributed by atoms with Crippen LogP contribution in [0.25, 0.3) is 11.1 Å². The Hall–Kier alpha value is -2.53. The molecule has 1 aliphatic rings. The molecule has 1 aromatic heterocycles. The average molecular weight is 367 g/mol. The topological polar surface area (TPSA) is 31.9 Å². The number of aryl methyl sites for hydroxylation is 1. The Morgan fingerprint density at radius 2 is 2.04 bits per heavy atom. The van der Waals surface area contributed by atoms with Crippen LogP contribution in [0.3, 0.4) is 0 Å². The van der Waals surface area contributed by atoms with Gasteiger partial charge in [0.2, 0.25) is 0 Å². The highest BCUT2D eigenvalue weighted by Crippen LogP contribution is 2.33. The Morgan fingerprint density at radius 3 is 2.89 bits per heavy atom. The highest BCUT2D eigenvalue weighted by atomic mass is 19.2. The van der Waals surface area contributed by atoms with Crippen molar-refractivity contribution < 1.29 is 8.78 Å². The van der Waals surface area contributed by atoms with E-state index in [9.17, 15) is 8.78 Å². The second-order valence-corrected chi connectivity index (χ2v) is 7.35. The summed E-state index contributed by atoms with van der Waals surface area (Å²) in [6, 6.07) is 12.8. The molecule has 4 rings (SSSR count). The minimum atomic E-state index is -0.781. The zero-order chi connectivity index (χ0) is 18.8. The summed E-state index contributed by atoms with van der Waals surface area (Å²) in [5.74, 6) is -1.22. The van der Waals surface area contributed by atoms with E-state index in [0.29, 0.717) is 18.0 Å². The maximum absolute atomic E-state index is 14.0. The van der Waals surface area contributed by atoms with Crippen molar-refractivity contribution in [2.24, 2.45) is 0 Å². The molecule has 5 heteroatoms. The second-order valence-electron chi connectivity index (χ2n) is 7.35. The lowest BCUT2D eigenvalue weighted by Gasteiger charge is -2.32. The Morgan fingerprint density at radius 1 is 1.19 bits per heavy atom. The van der Waals surface area contributed by atoms with E-state index in [1.807, 2.05) is 6.20 Å². The van der Waals surface area contributed by atoms with Crippen molar-refractivity contribution in [1.82, 2.24) is 15.1 Å². The molecule has 0 saturated carbocycles. The van der Waals surface area contributed by atoms with Crippen molar-refractivity contribution in [2.45, 2.75) is 32.2 Å². The van der Waals surface area contributed by atoms with Gasteiger partial charge in [-0.1, -0.05) is 42.0 Å². The lowest BCUT2D eigenvalue weighted by Crippen LogP contribution is -2.34. The Kier molecular flexibility index (Phi) is 5.03. The number of likely N-dealkylation sites (tertiary alicyclic amines) is 1. The number of aromatic nitrogens is 2. The Bertz CT molecular complexity index is 935. The third kappa shape index (κ3) is 3.78. The van der Waals surface area contributed by atoms with Crippen LogP contribution in [0.1, 0.15) is 35.6 Å². The third-order valence-electron chi connectivity index (χ3n) is 5.34. The Labute approximate surface area is 158 Å². The number of rotatable bonds is 4. The minimum absolute atomic E-state index is 0.299. The highest BCUT2D eigenvalue weighted by molar-refractivity contribution is 5.66. The molecule has 0 amide bonds. The van der Waals surface area contributed by atoms with Crippen LogP contribution >= 0.6 is 0 Å². The smallest absolute Gasteiger partial charge is 0.163 e. The first-order valence-corrected chi connectivity index (χ1v) is 9.37. The molecule has 140 valence electrons. The lowest BCUT2D eigenvalue weighted by molar-refractivity contribution is 0.196. The largest absolute Gasteiger partial charge is 0.298 e. The average Bonchev–Trinajstić information content (AvgIpc) is 3.16. The standard InChI is InChI=1S/C22H23F2N3/c1-15-5-2-6-16(11-15)19-12-25-26-22(19)18-8-4-10-27(14-18)13-17-7-3-9-20(23)21(17)24/h2-3,5-7,9,11-12,18H,4,8,10,13-14H2,1H3,(H,25,26)/t18-/m0/s1. The number of halogens is 2. The molecule has 1 atom stereocenters. The normalized spacial score (nSPS) is 18.0. The van der Waals surface area contributed by atoms with E-state index in [4.69, 9.17) is 0 Å². The predicted molar refractivity (Wildman–Crippen MR) is 102 cm³/mol. The van der Waals surface area contributed by atoms with Crippen LogP contribution < -0.4 is 0 Å². The van der Waals surface area contributed by atoms with Crippen molar-refractivity contribution in [1.29, 1.82) is 0 Å². The van der Waals surface area contributed by atoms with E-state index in [-0.39, 0.29) is 0 Å². The van der Waals surface area contributed by atoms with Crippen LogP contribution in [0.2, 0.25) is 0 Å². The zero-order valence-corrected chi connectivity index (χ0v) is 15.4. The van der Waals surface area contributed by atoms with Crippen molar-refractivity contribution >= 4 is 0 Å². The van der Waals surface area contributed by atoms with Crippen LogP contribution in [0, 0.1) is 18.6 Å². The summed E-state index contributed by atoms with van der Waals surface area (Å²) in [6.45, 7) is 4.20. The van der Waals surface area contributed by atoms with Gasteiger partial charge in [-0.2, -0.15) is 5.10 Å². The van der Waals surface area contributed by atoms with Gasteiger partial charge in [0.25, 0.3) is 0 Å². The molecule has 3 nitrogen and oxygen atoms in total. The van der Waals surface area contributed by atoms with Crippen molar-refractivity contribution in [3.05, 3.63) is 77.1 Å². The van der Waals surface area contributed by atoms with Gasteiger partial charge < -0.3 is 0 Å². The molecule has 1 fully saturated rings. The summed E-state index contributed by atoms with van der Waals surface area (Å²) in [5, 5.41) is 7.47. The summed E-state index contributed by atoms with van der Waals surface area (Å²) >= 11 is 0. The van der Waals surface area contributed by atoms with Gasteiger partial charge in [-0.3, -0.25) is 10.00 Å². The maximum Gasteiger partial charge on any atom is 0.163 e. The summed E-state index contributed by atoms with van der Waals surface area (Å²) in [6.07, 6.45) is 3.96. The molecule has 1 aliphatic heterocycles. The first-order chi connectivity index (χ1) is 13.1. The summed E-state index contributed by atoms with van der Waals surface area (Å²) in [7, 11) is 0. The van der Waals surface area contributed by atoms with Crippen LogP contribution in [-0.2, 0) is 6.54 Å². The van der Waals surface area contributed by atoms with E-state index in [1.54, 1.807) is 12.1 Å². The number of benzene rings is 2. The number of nitrogens with zero attached hydrogens (tertiary/aromatic N) is 2. The molecular formula is C22H23F2N3. The van der Waals surface area contributed by atoms with E-state index >= 15 is 0 Å². The van der Waals surface area contributed by atoms with Crippen LogP contribution in [-0.4, -0.2) is 28.2 Å². The first-order valence-electron chi connectivity index (χ1n) is 9.37. The van der Waals surface area contributed by atoms with E-state index in [2.05, 4.69) is 46.3 Å². The van der Waals surface area contributed by atoms with Crippen LogP contribution in [0.5, 0.6) is 0 Å². The summed E-state index contributed by atoms with van der Waals surface area (Å²) in [5.41, 5.74) is 5.05. The van der Waals surface area contributed by atoms with Crippen LogP contribution in [0.4, 0.5) is 8.78 Å². The van der Waals surface area contributed by atoms with Gasteiger partial charge in [-0.15, -0.1) is 0 Å².